The number of carbonyl (C=O) groups excluding carboxylic acids is 1. The predicted octanol–water partition coefficient (Wildman–Crippen LogP) is 2.22. The summed E-state index contributed by atoms with van der Waals surface area (Å²) in [5.74, 6) is -0.0564. The van der Waals surface area contributed by atoms with Gasteiger partial charge in [-0.25, -0.2) is 0 Å². The van der Waals surface area contributed by atoms with Crippen LogP contribution in [0.15, 0.2) is 53.3 Å². The molecule has 0 radical (unpaired) electrons. The average Bonchev–Trinajstić information content (AvgIpc) is 3.30. The van der Waals surface area contributed by atoms with Gasteiger partial charge < -0.3 is 14.4 Å². The molecule has 128 valence electrons. The Morgan fingerprint density at radius 2 is 2.08 bits per heavy atom. The average molecular weight is 337 g/mol. The number of amides is 1. The van der Waals surface area contributed by atoms with Gasteiger partial charge in [0.05, 0.1) is 30.7 Å². The molecule has 0 saturated heterocycles. The van der Waals surface area contributed by atoms with E-state index in [1.54, 1.807) is 11.0 Å². The number of benzene rings is 1. The first-order valence-electron chi connectivity index (χ1n) is 8.30. The number of furan rings is 1. The van der Waals surface area contributed by atoms with E-state index in [1.807, 2.05) is 22.9 Å². The van der Waals surface area contributed by atoms with Crippen LogP contribution in [-0.2, 0) is 26.1 Å². The molecule has 3 aromatic rings. The Bertz CT molecular complexity index is 869. The number of fused-ring (bicyclic) bond motifs is 1. The van der Waals surface area contributed by atoms with Crippen LogP contribution < -0.4 is 0 Å². The Labute approximate surface area is 145 Å². The number of carbonyl (C=O) groups is 1. The standard InChI is InChI=1S/C19H19N3O3/c23-12-17-16-11-21(19(24)15-7-9-25-13-15)8-6-18(16)22(20-17)10-14-4-2-1-3-5-14/h1-5,7,9,13,23H,6,8,10-12H2. The van der Waals surface area contributed by atoms with Gasteiger partial charge in [0.2, 0.25) is 0 Å². The molecule has 0 saturated carbocycles. The third kappa shape index (κ3) is 2.96. The summed E-state index contributed by atoms with van der Waals surface area (Å²) >= 11 is 0. The van der Waals surface area contributed by atoms with Crippen molar-refractivity contribution >= 4 is 5.91 Å². The topological polar surface area (TPSA) is 71.5 Å². The van der Waals surface area contributed by atoms with Crippen molar-refractivity contribution in [3.05, 3.63) is 77.0 Å². The molecule has 3 heterocycles. The first-order chi connectivity index (χ1) is 12.3. The number of nitrogens with zero attached hydrogens (tertiary/aromatic N) is 3. The van der Waals surface area contributed by atoms with Gasteiger partial charge in [0.15, 0.2) is 0 Å². The molecule has 25 heavy (non-hydrogen) atoms. The van der Waals surface area contributed by atoms with E-state index in [0.29, 0.717) is 30.9 Å². The fourth-order valence-corrected chi connectivity index (χ4v) is 3.32. The second kappa shape index (κ2) is 6.57. The van der Waals surface area contributed by atoms with Crippen molar-refractivity contribution in [2.45, 2.75) is 26.1 Å². The fourth-order valence-electron chi connectivity index (χ4n) is 3.32. The lowest BCUT2D eigenvalue weighted by atomic mass is 10.0. The number of aliphatic hydroxyl groups excluding tert-OH is 1. The molecule has 0 fully saturated rings. The second-order valence-electron chi connectivity index (χ2n) is 6.16. The van der Waals surface area contributed by atoms with E-state index in [9.17, 15) is 9.90 Å². The Morgan fingerprint density at radius 1 is 1.24 bits per heavy atom. The SMILES string of the molecule is O=C(c1ccoc1)N1CCc2c(c(CO)nn2Cc2ccccc2)C1. The molecular weight excluding hydrogens is 318 g/mol. The molecule has 1 aliphatic heterocycles. The lowest BCUT2D eigenvalue weighted by molar-refractivity contribution is 0.0731. The van der Waals surface area contributed by atoms with Gasteiger partial charge in [-0.1, -0.05) is 30.3 Å². The van der Waals surface area contributed by atoms with Crippen molar-refractivity contribution in [3.8, 4) is 0 Å². The lowest BCUT2D eigenvalue weighted by Crippen LogP contribution is -2.36. The summed E-state index contributed by atoms with van der Waals surface area (Å²) in [6, 6.07) is 11.8. The van der Waals surface area contributed by atoms with Crippen molar-refractivity contribution in [2.75, 3.05) is 6.54 Å². The number of aromatic nitrogens is 2. The zero-order valence-corrected chi connectivity index (χ0v) is 13.8. The highest BCUT2D eigenvalue weighted by molar-refractivity contribution is 5.93. The van der Waals surface area contributed by atoms with Gasteiger partial charge in [0.25, 0.3) is 5.91 Å². The van der Waals surface area contributed by atoms with Crippen LogP contribution in [0.25, 0.3) is 0 Å². The maximum Gasteiger partial charge on any atom is 0.257 e. The zero-order valence-electron chi connectivity index (χ0n) is 13.8. The van der Waals surface area contributed by atoms with E-state index in [-0.39, 0.29) is 12.5 Å². The van der Waals surface area contributed by atoms with Gasteiger partial charge in [-0.3, -0.25) is 9.48 Å². The molecule has 1 aliphatic rings. The van der Waals surface area contributed by atoms with E-state index >= 15 is 0 Å². The molecule has 6 nitrogen and oxygen atoms in total. The van der Waals surface area contributed by atoms with Crippen molar-refractivity contribution in [1.29, 1.82) is 0 Å². The van der Waals surface area contributed by atoms with Crippen LogP contribution in [-0.4, -0.2) is 32.2 Å². The smallest absolute Gasteiger partial charge is 0.257 e. The largest absolute Gasteiger partial charge is 0.472 e. The molecule has 6 heteroatoms. The summed E-state index contributed by atoms with van der Waals surface area (Å²) in [6.07, 6.45) is 3.68. The monoisotopic (exact) mass is 337 g/mol. The Hall–Kier alpha value is -2.86. The quantitative estimate of drug-likeness (QED) is 0.792. The first-order valence-corrected chi connectivity index (χ1v) is 8.30. The third-order valence-electron chi connectivity index (χ3n) is 4.60. The fraction of sp³-hybridized carbons (Fsp3) is 0.263. The molecule has 1 aromatic carbocycles. The molecule has 0 bridgehead atoms. The summed E-state index contributed by atoms with van der Waals surface area (Å²) in [4.78, 5) is 14.3. The van der Waals surface area contributed by atoms with Crippen LogP contribution in [0.5, 0.6) is 0 Å². The third-order valence-corrected chi connectivity index (χ3v) is 4.60. The first kappa shape index (κ1) is 15.7. The van der Waals surface area contributed by atoms with E-state index in [2.05, 4.69) is 17.2 Å². The molecule has 0 unspecified atom stereocenters. The van der Waals surface area contributed by atoms with Gasteiger partial charge >= 0.3 is 0 Å². The minimum Gasteiger partial charge on any atom is -0.472 e. The Kier molecular flexibility index (Phi) is 4.11. The molecule has 0 aliphatic carbocycles. The van der Waals surface area contributed by atoms with Crippen LogP contribution in [0, 0.1) is 0 Å². The van der Waals surface area contributed by atoms with Crippen LogP contribution in [0.1, 0.15) is 32.9 Å². The summed E-state index contributed by atoms with van der Waals surface area (Å²) in [5, 5.41) is 14.3. The Balaban J connectivity index is 1.61. The van der Waals surface area contributed by atoms with E-state index in [1.165, 1.54) is 12.5 Å². The van der Waals surface area contributed by atoms with Gasteiger partial charge in [-0.15, -0.1) is 0 Å². The normalized spacial score (nSPS) is 13.7. The van der Waals surface area contributed by atoms with Crippen molar-refractivity contribution in [1.82, 2.24) is 14.7 Å². The van der Waals surface area contributed by atoms with Crippen molar-refractivity contribution in [3.63, 3.8) is 0 Å². The minimum absolute atomic E-state index is 0.0564. The van der Waals surface area contributed by atoms with Crippen LogP contribution in [0.3, 0.4) is 0 Å². The van der Waals surface area contributed by atoms with Gasteiger partial charge in [-0.2, -0.15) is 5.10 Å². The van der Waals surface area contributed by atoms with Crippen molar-refractivity contribution < 1.29 is 14.3 Å². The molecule has 0 spiro atoms. The molecule has 0 atom stereocenters. The summed E-state index contributed by atoms with van der Waals surface area (Å²) in [5.41, 5.74) is 4.42. The van der Waals surface area contributed by atoms with Gasteiger partial charge in [0.1, 0.15) is 6.26 Å². The summed E-state index contributed by atoms with van der Waals surface area (Å²) < 4.78 is 6.96. The number of aliphatic hydroxyl groups is 1. The zero-order chi connectivity index (χ0) is 17.2. The highest BCUT2D eigenvalue weighted by Crippen LogP contribution is 2.25. The predicted molar refractivity (Wildman–Crippen MR) is 90.8 cm³/mol. The van der Waals surface area contributed by atoms with Crippen LogP contribution >= 0.6 is 0 Å². The van der Waals surface area contributed by atoms with Gasteiger partial charge in [0, 0.05) is 30.8 Å². The van der Waals surface area contributed by atoms with E-state index in [0.717, 1.165) is 23.2 Å². The lowest BCUT2D eigenvalue weighted by Gasteiger charge is -2.27. The van der Waals surface area contributed by atoms with Crippen LogP contribution in [0.2, 0.25) is 0 Å². The van der Waals surface area contributed by atoms with Gasteiger partial charge in [-0.05, 0) is 11.6 Å². The molecule has 1 amide bonds. The number of hydrogen-bond acceptors (Lipinski definition) is 4. The molecule has 2 aromatic heterocycles. The van der Waals surface area contributed by atoms with Crippen molar-refractivity contribution in [2.24, 2.45) is 0 Å². The minimum atomic E-state index is -0.127. The van der Waals surface area contributed by atoms with E-state index < -0.39 is 0 Å². The summed E-state index contributed by atoms with van der Waals surface area (Å²) in [6.45, 7) is 1.63. The maximum atomic E-state index is 12.5. The molecule has 1 N–H and O–H groups in total. The summed E-state index contributed by atoms with van der Waals surface area (Å²) in [7, 11) is 0. The highest BCUT2D eigenvalue weighted by atomic mass is 16.3. The number of rotatable bonds is 4. The van der Waals surface area contributed by atoms with E-state index in [4.69, 9.17) is 4.42 Å². The maximum absolute atomic E-state index is 12.5. The van der Waals surface area contributed by atoms with Crippen LogP contribution in [0.4, 0.5) is 0 Å². The highest BCUT2D eigenvalue weighted by Gasteiger charge is 2.28. The second-order valence-corrected chi connectivity index (χ2v) is 6.16. The molecular formula is C19H19N3O3. The molecule has 4 rings (SSSR count). The number of hydrogen-bond donors (Lipinski definition) is 1. The Morgan fingerprint density at radius 3 is 2.80 bits per heavy atom.